The SMILES string of the molecule is CN(CCOc1ccc(Cl)cc1)C(=O)/C=C/c1cccc2cccnc12. The van der Waals surface area contributed by atoms with Gasteiger partial charge in [-0.05, 0) is 36.4 Å². The van der Waals surface area contributed by atoms with E-state index in [-0.39, 0.29) is 5.91 Å². The van der Waals surface area contributed by atoms with E-state index in [1.807, 2.05) is 30.3 Å². The fourth-order valence-electron chi connectivity index (χ4n) is 2.49. The molecule has 4 nitrogen and oxygen atoms in total. The van der Waals surface area contributed by atoms with Gasteiger partial charge >= 0.3 is 0 Å². The Morgan fingerprint density at radius 3 is 2.73 bits per heavy atom. The van der Waals surface area contributed by atoms with Gasteiger partial charge in [0.2, 0.25) is 5.91 Å². The third kappa shape index (κ3) is 4.61. The lowest BCUT2D eigenvalue weighted by atomic mass is 10.1. The Morgan fingerprint density at radius 2 is 1.92 bits per heavy atom. The minimum absolute atomic E-state index is 0.0855. The molecule has 2 aromatic carbocycles. The molecule has 132 valence electrons. The Bertz CT molecular complexity index is 917. The summed E-state index contributed by atoms with van der Waals surface area (Å²) in [5.74, 6) is 0.644. The topological polar surface area (TPSA) is 42.4 Å². The zero-order valence-electron chi connectivity index (χ0n) is 14.4. The van der Waals surface area contributed by atoms with Gasteiger partial charge < -0.3 is 9.64 Å². The van der Waals surface area contributed by atoms with Crippen molar-refractivity contribution in [2.24, 2.45) is 0 Å². The van der Waals surface area contributed by atoms with Crippen molar-refractivity contribution in [1.82, 2.24) is 9.88 Å². The molecule has 0 aliphatic heterocycles. The molecule has 5 heteroatoms. The van der Waals surface area contributed by atoms with Gasteiger partial charge in [-0.1, -0.05) is 35.9 Å². The summed E-state index contributed by atoms with van der Waals surface area (Å²) in [5, 5.41) is 1.71. The van der Waals surface area contributed by atoms with Crippen molar-refractivity contribution in [3.05, 3.63) is 77.5 Å². The Kier molecular flexibility index (Phi) is 5.87. The van der Waals surface area contributed by atoms with Crippen molar-refractivity contribution in [3.63, 3.8) is 0 Å². The van der Waals surface area contributed by atoms with E-state index in [1.165, 1.54) is 0 Å². The summed E-state index contributed by atoms with van der Waals surface area (Å²) in [6, 6.07) is 17.0. The first kappa shape index (κ1) is 18.0. The van der Waals surface area contributed by atoms with Crippen LogP contribution in [0.15, 0.2) is 66.9 Å². The van der Waals surface area contributed by atoms with E-state index in [0.717, 1.165) is 22.2 Å². The van der Waals surface area contributed by atoms with Gasteiger partial charge in [-0.15, -0.1) is 0 Å². The molecule has 0 bridgehead atoms. The van der Waals surface area contributed by atoms with Crippen LogP contribution >= 0.6 is 11.6 Å². The molecular formula is C21H19ClN2O2. The first-order chi connectivity index (χ1) is 12.6. The summed E-state index contributed by atoms with van der Waals surface area (Å²) in [6.45, 7) is 0.896. The quantitative estimate of drug-likeness (QED) is 0.606. The third-order valence-corrected chi connectivity index (χ3v) is 4.21. The van der Waals surface area contributed by atoms with Crippen molar-refractivity contribution < 1.29 is 9.53 Å². The van der Waals surface area contributed by atoms with E-state index in [4.69, 9.17) is 16.3 Å². The fourth-order valence-corrected chi connectivity index (χ4v) is 2.62. The number of benzene rings is 2. The molecule has 0 radical (unpaired) electrons. The number of hydrogen-bond donors (Lipinski definition) is 0. The number of pyridine rings is 1. The lowest BCUT2D eigenvalue weighted by Gasteiger charge is -2.15. The van der Waals surface area contributed by atoms with Crippen molar-refractivity contribution in [2.45, 2.75) is 0 Å². The number of para-hydroxylation sites is 1. The van der Waals surface area contributed by atoms with E-state index in [0.29, 0.717) is 18.2 Å². The predicted molar refractivity (Wildman–Crippen MR) is 105 cm³/mol. The van der Waals surface area contributed by atoms with Crippen LogP contribution in [0.1, 0.15) is 5.56 Å². The van der Waals surface area contributed by atoms with Crippen LogP contribution in [-0.2, 0) is 4.79 Å². The van der Waals surface area contributed by atoms with Crippen molar-refractivity contribution in [3.8, 4) is 5.75 Å². The number of aromatic nitrogens is 1. The second-order valence-electron chi connectivity index (χ2n) is 5.82. The first-order valence-corrected chi connectivity index (χ1v) is 8.66. The van der Waals surface area contributed by atoms with Gasteiger partial charge in [0.05, 0.1) is 12.1 Å². The highest BCUT2D eigenvalue weighted by atomic mass is 35.5. The molecule has 1 heterocycles. The molecule has 1 amide bonds. The summed E-state index contributed by atoms with van der Waals surface area (Å²) < 4.78 is 5.62. The van der Waals surface area contributed by atoms with E-state index < -0.39 is 0 Å². The number of ether oxygens (including phenoxy) is 1. The number of rotatable bonds is 6. The van der Waals surface area contributed by atoms with Crippen LogP contribution in [0.3, 0.4) is 0 Å². The molecule has 0 saturated carbocycles. The van der Waals surface area contributed by atoms with Gasteiger partial charge in [0.1, 0.15) is 12.4 Å². The van der Waals surface area contributed by atoms with E-state index in [1.54, 1.807) is 54.6 Å². The van der Waals surface area contributed by atoms with Crippen LogP contribution < -0.4 is 4.74 Å². The van der Waals surface area contributed by atoms with Crippen LogP contribution in [0, 0.1) is 0 Å². The van der Waals surface area contributed by atoms with Gasteiger partial charge in [0.25, 0.3) is 0 Å². The number of likely N-dealkylation sites (N-methyl/N-ethyl adjacent to an activating group) is 1. The van der Waals surface area contributed by atoms with Gasteiger partial charge in [-0.3, -0.25) is 9.78 Å². The standard InChI is InChI=1S/C21H19ClN2O2/c1-24(14-15-26-19-10-8-18(22)9-11-19)20(25)12-7-17-5-2-4-16-6-3-13-23-21(16)17/h2-13H,14-15H2,1H3/b12-7+. The van der Waals surface area contributed by atoms with Crippen molar-refractivity contribution >= 4 is 34.5 Å². The number of hydrogen-bond acceptors (Lipinski definition) is 3. The fraction of sp³-hybridized carbons (Fsp3) is 0.143. The molecule has 0 unspecified atom stereocenters. The minimum atomic E-state index is -0.0855. The molecule has 3 rings (SSSR count). The molecule has 0 aliphatic carbocycles. The molecule has 3 aromatic rings. The number of fused-ring (bicyclic) bond motifs is 1. The van der Waals surface area contributed by atoms with E-state index in [2.05, 4.69) is 4.98 Å². The van der Waals surface area contributed by atoms with E-state index in [9.17, 15) is 4.79 Å². The first-order valence-electron chi connectivity index (χ1n) is 8.29. The average Bonchev–Trinajstić information content (AvgIpc) is 2.67. The molecule has 0 aliphatic rings. The lowest BCUT2D eigenvalue weighted by Crippen LogP contribution is -2.29. The molecule has 0 N–H and O–H groups in total. The van der Waals surface area contributed by atoms with E-state index >= 15 is 0 Å². The number of carbonyl (C=O) groups excluding carboxylic acids is 1. The second-order valence-corrected chi connectivity index (χ2v) is 6.25. The Labute approximate surface area is 157 Å². The monoisotopic (exact) mass is 366 g/mol. The maximum Gasteiger partial charge on any atom is 0.246 e. The molecule has 26 heavy (non-hydrogen) atoms. The highest BCUT2D eigenvalue weighted by Gasteiger charge is 2.06. The van der Waals surface area contributed by atoms with Crippen molar-refractivity contribution in [1.29, 1.82) is 0 Å². The van der Waals surface area contributed by atoms with Gasteiger partial charge in [0, 0.05) is 35.3 Å². The maximum atomic E-state index is 12.3. The normalized spacial score (nSPS) is 11.0. The summed E-state index contributed by atoms with van der Waals surface area (Å²) >= 11 is 5.84. The van der Waals surface area contributed by atoms with Gasteiger partial charge in [0.15, 0.2) is 0 Å². The highest BCUT2D eigenvalue weighted by molar-refractivity contribution is 6.30. The molecule has 0 fully saturated rings. The summed E-state index contributed by atoms with van der Waals surface area (Å²) in [6.07, 6.45) is 5.11. The highest BCUT2D eigenvalue weighted by Crippen LogP contribution is 2.17. The number of carbonyl (C=O) groups is 1. The summed E-state index contributed by atoms with van der Waals surface area (Å²) in [7, 11) is 1.75. The summed E-state index contributed by atoms with van der Waals surface area (Å²) in [4.78, 5) is 18.3. The van der Waals surface area contributed by atoms with Gasteiger partial charge in [-0.2, -0.15) is 0 Å². The molecule has 0 spiro atoms. The largest absolute Gasteiger partial charge is 0.492 e. The van der Waals surface area contributed by atoms with Gasteiger partial charge in [-0.25, -0.2) is 0 Å². The Hall–Kier alpha value is -2.85. The van der Waals surface area contributed by atoms with Crippen LogP contribution in [0.5, 0.6) is 5.75 Å². The second kappa shape index (κ2) is 8.50. The molecular weight excluding hydrogens is 348 g/mol. The zero-order valence-corrected chi connectivity index (χ0v) is 15.2. The molecule has 0 saturated heterocycles. The minimum Gasteiger partial charge on any atom is -0.492 e. The van der Waals surface area contributed by atoms with Crippen LogP contribution in [-0.4, -0.2) is 36.0 Å². The third-order valence-electron chi connectivity index (χ3n) is 3.95. The predicted octanol–water partition coefficient (Wildman–Crippen LogP) is 4.44. The number of nitrogens with zero attached hydrogens (tertiary/aromatic N) is 2. The molecule has 0 atom stereocenters. The van der Waals surface area contributed by atoms with Crippen LogP contribution in [0.4, 0.5) is 0 Å². The average molecular weight is 367 g/mol. The summed E-state index contributed by atoms with van der Waals surface area (Å²) in [5.41, 5.74) is 1.80. The Morgan fingerprint density at radius 1 is 1.15 bits per heavy atom. The van der Waals surface area contributed by atoms with Crippen molar-refractivity contribution in [2.75, 3.05) is 20.2 Å². The zero-order chi connectivity index (χ0) is 18.4. The lowest BCUT2D eigenvalue weighted by molar-refractivity contribution is -0.125. The maximum absolute atomic E-state index is 12.3. The Balaban J connectivity index is 1.56. The number of amides is 1. The number of halogens is 1. The van der Waals surface area contributed by atoms with Crippen LogP contribution in [0.25, 0.3) is 17.0 Å². The van der Waals surface area contributed by atoms with Crippen LogP contribution in [0.2, 0.25) is 5.02 Å². The smallest absolute Gasteiger partial charge is 0.246 e. The molecule has 1 aromatic heterocycles.